The predicted molar refractivity (Wildman–Crippen MR) is 82.9 cm³/mol. The highest BCUT2D eigenvalue weighted by Gasteiger charge is 2.31. The monoisotopic (exact) mass is 300 g/mol. The number of anilines is 1. The molecule has 0 aliphatic carbocycles. The molecule has 0 bridgehead atoms. The van der Waals surface area contributed by atoms with E-state index in [2.05, 4.69) is 25.3 Å². The summed E-state index contributed by atoms with van der Waals surface area (Å²) < 4.78 is 1.61. The lowest BCUT2D eigenvalue weighted by Crippen LogP contribution is -2.60. The van der Waals surface area contributed by atoms with Crippen LogP contribution in [-0.2, 0) is 7.05 Å². The molecule has 1 amide bonds. The number of rotatable bonds is 3. The first-order valence-corrected chi connectivity index (χ1v) is 7.30. The molecule has 7 nitrogen and oxygen atoms in total. The molecule has 22 heavy (non-hydrogen) atoms. The van der Waals surface area contributed by atoms with Crippen LogP contribution in [-0.4, -0.2) is 44.8 Å². The SMILES string of the molecule is Cc1cc(C(=O)NC2CN(c3ncnc(C)c3C)C2)n(C)n1. The van der Waals surface area contributed by atoms with Gasteiger partial charge >= 0.3 is 0 Å². The van der Waals surface area contributed by atoms with Crippen LogP contribution in [0, 0.1) is 20.8 Å². The highest BCUT2D eigenvalue weighted by Crippen LogP contribution is 2.23. The molecule has 0 atom stereocenters. The Kier molecular flexibility index (Phi) is 3.56. The average Bonchev–Trinajstić information content (AvgIpc) is 2.76. The van der Waals surface area contributed by atoms with E-state index in [1.165, 1.54) is 0 Å². The van der Waals surface area contributed by atoms with Crippen LogP contribution < -0.4 is 10.2 Å². The summed E-state index contributed by atoms with van der Waals surface area (Å²) in [5.41, 5.74) is 3.51. The van der Waals surface area contributed by atoms with E-state index < -0.39 is 0 Å². The van der Waals surface area contributed by atoms with E-state index in [1.54, 1.807) is 24.1 Å². The maximum Gasteiger partial charge on any atom is 0.269 e. The van der Waals surface area contributed by atoms with Gasteiger partial charge in [0.2, 0.25) is 0 Å². The van der Waals surface area contributed by atoms with Crippen molar-refractivity contribution >= 4 is 11.7 Å². The third-order valence-corrected chi connectivity index (χ3v) is 4.06. The van der Waals surface area contributed by atoms with Gasteiger partial charge in [0.1, 0.15) is 17.8 Å². The number of amides is 1. The molecule has 7 heteroatoms. The molecule has 0 aromatic carbocycles. The molecule has 3 rings (SSSR count). The maximum absolute atomic E-state index is 12.2. The summed E-state index contributed by atoms with van der Waals surface area (Å²) in [4.78, 5) is 22.9. The minimum atomic E-state index is -0.0802. The van der Waals surface area contributed by atoms with Gasteiger partial charge in [0.15, 0.2) is 0 Å². The normalized spacial score (nSPS) is 14.8. The number of aromatic nitrogens is 4. The van der Waals surface area contributed by atoms with Crippen LogP contribution in [0.15, 0.2) is 12.4 Å². The number of aryl methyl sites for hydroxylation is 3. The van der Waals surface area contributed by atoms with Crippen molar-refractivity contribution in [3.63, 3.8) is 0 Å². The van der Waals surface area contributed by atoms with E-state index in [1.807, 2.05) is 20.8 Å². The van der Waals surface area contributed by atoms with Crippen molar-refractivity contribution in [2.24, 2.45) is 7.05 Å². The van der Waals surface area contributed by atoms with Crippen LogP contribution >= 0.6 is 0 Å². The van der Waals surface area contributed by atoms with Gasteiger partial charge < -0.3 is 10.2 Å². The van der Waals surface area contributed by atoms with E-state index in [-0.39, 0.29) is 11.9 Å². The fraction of sp³-hybridized carbons (Fsp3) is 0.467. The summed E-state index contributed by atoms with van der Waals surface area (Å²) in [5, 5.41) is 7.23. The van der Waals surface area contributed by atoms with Crippen molar-refractivity contribution < 1.29 is 4.79 Å². The molecule has 2 aromatic heterocycles. The molecule has 1 fully saturated rings. The second kappa shape index (κ2) is 5.40. The van der Waals surface area contributed by atoms with Gasteiger partial charge in [-0.15, -0.1) is 0 Å². The van der Waals surface area contributed by atoms with E-state index in [0.29, 0.717) is 5.69 Å². The topological polar surface area (TPSA) is 75.9 Å². The molecule has 3 heterocycles. The van der Waals surface area contributed by atoms with Crippen LogP contribution in [0.1, 0.15) is 27.4 Å². The maximum atomic E-state index is 12.2. The minimum Gasteiger partial charge on any atom is -0.352 e. The van der Waals surface area contributed by atoms with Crippen molar-refractivity contribution in [2.45, 2.75) is 26.8 Å². The van der Waals surface area contributed by atoms with Crippen LogP contribution in [0.4, 0.5) is 5.82 Å². The zero-order valence-corrected chi connectivity index (χ0v) is 13.3. The van der Waals surface area contributed by atoms with Gasteiger partial charge in [0, 0.05) is 31.4 Å². The first kappa shape index (κ1) is 14.5. The van der Waals surface area contributed by atoms with E-state index in [9.17, 15) is 4.79 Å². The second-order valence-corrected chi connectivity index (χ2v) is 5.78. The fourth-order valence-electron chi connectivity index (χ4n) is 2.67. The smallest absolute Gasteiger partial charge is 0.269 e. The van der Waals surface area contributed by atoms with Gasteiger partial charge in [0.25, 0.3) is 5.91 Å². The van der Waals surface area contributed by atoms with Crippen LogP contribution in [0.2, 0.25) is 0 Å². The number of hydrogen-bond donors (Lipinski definition) is 1. The van der Waals surface area contributed by atoms with Gasteiger partial charge in [-0.2, -0.15) is 5.10 Å². The predicted octanol–water partition coefficient (Wildman–Crippen LogP) is 0.754. The van der Waals surface area contributed by atoms with Gasteiger partial charge in [-0.1, -0.05) is 0 Å². The van der Waals surface area contributed by atoms with Crippen molar-refractivity contribution in [1.82, 2.24) is 25.1 Å². The van der Waals surface area contributed by atoms with Crippen LogP contribution in [0.25, 0.3) is 0 Å². The fourth-order valence-corrected chi connectivity index (χ4v) is 2.67. The number of carbonyl (C=O) groups excluding carboxylic acids is 1. The van der Waals surface area contributed by atoms with Crippen molar-refractivity contribution in [3.05, 3.63) is 35.0 Å². The van der Waals surface area contributed by atoms with E-state index >= 15 is 0 Å². The molecular formula is C15H20N6O. The van der Waals surface area contributed by atoms with Crippen LogP contribution in [0.3, 0.4) is 0 Å². The first-order chi connectivity index (χ1) is 10.5. The van der Waals surface area contributed by atoms with Crippen molar-refractivity contribution in [1.29, 1.82) is 0 Å². The molecule has 1 N–H and O–H groups in total. The summed E-state index contributed by atoms with van der Waals surface area (Å²) in [6.45, 7) is 7.40. The number of nitrogens with zero attached hydrogens (tertiary/aromatic N) is 5. The first-order valence-electron chi connectivity index (χ1n) is 7.30. The molecule has 1 saturated heterocycles. The Morgan fingerprint density at radius 3 is 2.64 bits per heavy atom. The summed E-state index contributed by atoms with van der Waals surface area (Å²) in [5.74, 6) is 0.873. The average molecular weight is 300 g/mol. The molecule has 0 spiro atoms. The van der Waals surface area contributed by atoms with Crippen LogP contribution in [0.5, 0.6) is 0 Å². The Balaban J connectivity index is 1.61. The largest absolute Gasteiger partial charge is 0.352 e. The van der Waals surface area contributed by atoms with E-state index in [4.69, 9.17) is 0 Å². The Bertz CT molecular complexity index is 717. The highest BCUT2D eigenvalue weighted by molar-refractivity contribution is 5.93. The number of hydrogen-bond acceptors (Lipinski definition) is 5. The summed E-state index contributed by atoms with van der Waals surface area (Å²) in [6.07, 6.45) is 1.59. The Hall–Kier alpha value is -2.44. The Labute approximate surface area is 129 Å². The molecule has 0 saturated carbocycles. The zero-order valence-electron chi connectivity index (χ0n) is 13.3. The summed E-state index contributed by atoms with van der Waals surface area (Å²) in [7, 11) is 1.78. The number of carbonyl (C=O) groups is 1. The molecule has 2 aromatic rings. The Morgan fingerprint density at radius 2 is 2.00 bits per heavy atom. The summed E-state index contributed by atoms with van der Waals surface area (Å²) >= 11 is 0. The third-order valence-electron chi connectivity index (χ3n) is 4.06. The molecule has 1 aliphatic rings. The lowest BCUT2D eigenvalue weighted by molar-refractivity contribution is 0.0920. The van der Waals surface area contributed by atoms with Gasteiger partial charge in [-0.25, -0.2) is 9.97 Å². The molecule has 0 unspecified atom stereocenters. The quantitative estimate of drug-likeness (QED) is 0.905. The lowest BCUT2D eigenvalue weighted by Gasteiger charge is -2.41. The standard InChI is InChI=1S/C15H20N6O/c1-9-5-13(20(4)19-9)15(22)18-12-6-21(7-12)14-10(2)11(3)16-8-17-14/h5,8,12H,6-7H2,1-4H3,(H,18,22). The van der Waals surface area contributed by atoms with Gasteiger partial charge in [0.05, 0.1) is 11.7 Å². The number of nitrogens with one attached hydrogen (secondary N) is 1. The lowest BCUT2D eigenvalue weighted by atomic mass is 10.1. The van der Waals surface area contributed by atoms with E-state index in [0.717, 1.165) is 35.9 Å². The molecule has 0 radical (unpaired) electrons. The minimum absolute atomic E-state index is 0.0802. The zero-order chi connectivity index (χ0) is 15.9. The summed E-state index contributed by atoms with van der Waals surface area (Å²) in [6, 6.07) is 1.93. The third kappa shape index (κ3) is 2.54. The Morgan fingerprint density at radius 1 is 1.27 bits per heavy atom. The molecule has 116 valence electrons. The highest BCUT2D eigenvalue weighted by atomic mass is 16.2. The van der Waals surface area contributed by atoms with Crippen molar-refractivity contribution in [2.75, 3.05) is 18.0 Å². The molecule has 1 aliphatic heterocycles. The van der Waals surface area contributed by atoms with Crippen molar-refractivity contribution in [3.8, 4) is 0 Å². The van der Waals surface area contributed by atoms with Gasteiger partial charge in [-0.3, -0.25) is 9.48 Å². The van der Waals surface area contributed by atoms with Gasteiger partial charge in [-0.05, 0) is 26.8 Å². The molecular weight excluding hydrogens is 280 g/mol. The second-order valence-electron chi connectivity index (χ2n) is 5.78.